The number of ether oxygens (including phenoxy) is 1. The van der Waals surface area contributed by atoms with Gasteiger partial charge in [0.1, 0.15) is 11.5 Å². The molecule has 0 aliphatic carbocycles. The van der Waals surface area contributed by atoms with Crippen LogP contribution in [0.1, 0.15) is 51.6 Å². The van der Waals surface area contributed by atoms with E-state index in [0.29, 0.717) is 24.6 Å². The molecule has 2 fully saturated rings. The van der Waals surface area contributed by atoms with Crippen molar-refractivity contribution in [1.29, 1.82) is 0 Å². The number of Topliss-reactive ketones (excluding diaryl/α,β-unsaturated/α-hetero) is 1. The Hall–Kier alpha value is -4.17. The smallest absolute Gasteiger partial charge is 0.298 e. The fraction of sp³-hybridized carbons (Fsp3) is 0.364. The molecule has 2 aliphatic rings. The zero-order valence-corrected chi connectivity index (χ0v) is 24.0. The van der Waals surface area contributed by atoms with E-state index in [2.05, 4.69) is 41.1 Å². The van der Waals surface area contributed by atoms with Gasteiger partial charge in [0.15, 0.2) is 0 Å². The van der Waals surface area contributed by atoms with E-state index < -0.39 is 11.7 Å². The first-order valence-corrected chi connectivity index (χ1v) is 14.5. The monoisotopic (exact) mass is 551 g/mol. The lowest BCUT2D eigenvalue weighted by molar-refractivity contribution is -0.112. The van der Waals surface area contributed by atoms with Gasteiger partial charge in [-0.3, -0.25) is 9.59 Å². The molecule has 8 heteroatoms. The van der Waals surface area contributed by atoms with Crippen molar-refractivity contribution in [1.82, 2.24) is 9.38 Å². The Morgan fingerprint density at radius 2 is 1.66 bits per heavy atom. The van der Waals surface area contributed by atoms with E-state index >= 15 is 0 Å². The van der Waals surface area contributed by atoms with Crippen molar-refractivity contribution in [2.75, 3.05) is 54.5 Å². The van der Waals surface area contributed by atoms with E-state index in [1.807, 2.05) is 60.0 Å². The second kappa shape index (κ2) is 11.4. The summed E-state index contributed by atoms with van der Waals surface area (Å²) in [5, 5.41) is 2.87. The number of fused-ring (bicyclic) bond motifs is 1. The molecule has 41 heavy (non-hydrogen) atoms. The quantitative estimate of drug-likeness (QED) is 0.259. The van der Waals surface area contributed by atoms with E-state index in [1.54, 1.807) is 0 Å². The van der Waals surface area contributed by atoms with Crippen LogP contribution in [0.25, 0.3) is 5.52 Å². The van der Waals surface area contributed by atoms with E-state index in [4.69, 9.17) is 9.72 Å². The summed E-state index contributed by atoms with van der Waals surface area (Å²) >= 11 is 0. The summed E-state index contributed by atoms with van der Waals surface area (Å²) in [5.41, 5.74) is 7.39. The standard InChI is InChI=1S/C33H37N5O3/c1-22-18-24(3)34-30(19-22)37-14-12-36(13-15-37)29-8-7-26(20-23(29)2)35-33(40)32(39)31-28(25-9-16-41-17-10-25)21-27-6-4-5-11-38(27)31/h4-8,11,18-21,25H,9-10,12-17H2,1-3H3,(H,35,40). The summed E-state index contributed by atoms with van der Waals surface area (Å²) in [6.07, 6.45) is 3.54. The van der Waals surface area contributed by atoms with Crippen LogP contribution in [0.15, 0.2) is 60.8 Å². The maximum absolute atomic E-state index is 13.6. The predicted octanol–water partition coefficient (Wildman–Crippen LogP) is 5.30. The summed E-state index contributed by atoms with van der Waals surface area (Å²) < 4.78 is 7.38. The first-order chi connectivity index (χ1) is 19.9. The normalized spacial score (nSPS) is 16.3. The van der Waals surface area contributed by atoms with Gasteiger partial charge in [-0.15, -0.1) is 0 Å². The number of benzene rings is 1. The molecule has 2 aliphatic heterocycles. The summed E-state index contributed by atoms with van der Waals surface area (Å²) in [6.45, 7) is 11.1. The Labute approximate surface area is 240 Å². The summed E-state index contributed by atoms with van der Waals surface area (Å²) in [7, 11) is 0. The van der Waals surface area contributed by atoms with Crippen molar-refractivity contribution in [2.24, 2.45) is 0 Å². The molecule has 0 radical (unpaired) electrons. The van der Waals surface area contributed by atoms with Gasteiger partial charge in [0.2, 0.25) is 0 Å². The number of pyridine rings is 2. The minimum Gasteiger partial charge on any atom is -0.381 e. The molecule has 2 saturated heterocycles. The molecular formula is C33H37N5O3. The van der Waals surface area contributed by atoms with Gasteiger partial charge in [-0.2, -0.15) is 0 Å². The topological polar surface area (TPSA) is 79.2 Å². The highest BCUT2D eigenvalue weighted by atomic mass is 16.5. The number of ketones is 1. The van der Waals surface area contributed by atoms with Crippen LogP contribution in [-0.2, 0) is 9.53 Å². The van der Waals surface area contributed by atoms with Crippen LogP contribution in [0.5, 0.6) is 0 Å². The number of nitrogens with zero attached hydrogens (tertiary/aromatic N) is 4. The fourth-order valence-electron chi connectivity index (χ4n) is 6.25. The average molecular weight is 552 g/mol. The van der Waals surface area contributed by atoms with E-state index in [0.717, 1.165) is 72.9 Å². The van der Waals surface area contributed by atoms with Gasteiger partial charge in [-0.05, 0) is 105 Å². The zero-order valence-electron chi connectivity index (χ0n) is 24.0. The number of amides is 1. The summed E-state index contributed by atoms with van der Waals surface area (Å²) in [5.74, 6) is 0.0971. The van der Waals surface area contributed by atoms with E-state index in [-0.39, 0.29) is 5.92 Å². The van der Waals surface area contributed by atoms with Gasteiger partial charge in [0.05, 0.1) is 0 Å². The van der Waals surface area contributed by atoms with Crippen LogP contribution < -0.4 is 15.1 Å². The summed E-state index contributed by atoms with van der Waals surface area (Å²) in [4.78, 5) is 36.3. The molecule has 1 amide bonds. The van der Waals surface area contributed by atoms with Crippen molar-refractivity contribution in [3.05, 3.63) is 88.9 Å². The van der Waals surface area contributed by atoms with Crippen LogP contribution in [0, 0.1) is 20.8 Å². The van der Waals surface area contributed by atoms with Crippen molar-refractivity contribution in [2.45, 2.75) is 39.5 Å². The van der Waals surface area contributed by atoms with Crippen molar-refractivity contribution in [3.8, 4) is 0 Å². The third kappa shape index (κ3) is 5.57. The Bertz CT molecular complexity index is 1580. The number of hydrogen-bond donors (Lipinski definition) is 1. The molecule has 1 aromatic carbocycles. The van der Waals surface area contributed by atoms with Crippen LogP contribution in [0.2, 0.25) is 0 Å². The number of hydrogen-bond acceptors (Lipinski definition) is 6. The third-order valence-corrected chi connectivity index (χ3v) is 8.27. The maximum atomic E-state index is 13.6. The molecular weight excluding hydrogens is 514 g/mol. The first kappa shape index (κ1) is 27.0. The molecule has 5 heterocycles. The van der Waals surface area contributed by atoms with Crippen molar-refractivity contribution in [3.63, 3.8) is 0 Å². The number of anilines is 3. The van der Waals surface area contributed by atoms with Gasteiger partial charge >= 0.3 is 0 Å². The second-order valence-electron chi connectivity index (χ2n) is 11.2. The predicted molar refractivity (Wildman–Crippen MR) is 162 cm³/mol. The number of aryl methyl sites for hydroxylation is 3. The zero-order chi connectivity index (χ0) is 28.5. The van der Waals surface area contributed by atoms with Crippen molar-refractivity contribution >= 4 is 34.4 Å². The highest BCUT2D eigenvalue weighted by molar-refractivity contribution is 6.46. The Balaban J connectivity index is 1.15. The molecule has 0 spiro atoms. The van der Waals surface area contributed by atoms with Gasteiger partial charge in [0, 0.05) is 68.2 Å². The first-order valence-electron chi connectivity index (χ1n) is 14.5. The molecule has 4 aromatic rings. The highest BCUT2D eigenvalue weighted by Crippen LogP contribution is 2.33. The molecule has 6 rings (SSSR count). The van der Waals surface area contributed by atoms with Gasteiger partial charge < -0.3 is 24.3 Å². The lowest BCUT2D eigenvalue weighted by Crippen LogP contribution is -2.47. The number of carbonyl (C=O) groups is 2. The largest absolute Gasteiger partial charge is 0.381 e. The SMILES string of the molecule is Cc1cc(C)nc(N2CCN(c3ccc(NC(=O)C(=O)c4c(C5CCOCC5)cc5ccccn45)cc3C)CC2)c1. The number of nitrogens with one attached hydrogen (secondary N) is 1. The third-order valence-electron chi connectivity index (χ3n) is 8.27. The molecule has 8 nitrogen and oxygen atoms in total. The van der Waals surface area contributed by atoms with Crippen LogP contribution in [0.3, 0.4) is 0 Å². The summed E-state index contributed by atoms with van der Waals surface area (Å²) in [6, 6.07) is 18.0. The van der Waals surface area contributed by atoms with Crippen molar-refractivity contribution < 1.29 is 14.3 Å². The highest BCUT2D eigenvalue weighted by Gasteiger charge is 2.29. The minimum atomic E-state index is -0.621. The molecule has 0 unspecified atom stereocenters. The lowest BCUT2D eigenvalue weighted by Gasteiger charge is -2.37. The molecule has 0 atom stereocenters. The van der Waals surface area contributed by atoms with Crippen LogP contribution >= 0.6 is 0 Å². The maximum Gasteiger partial charge on any atom is 0.298 e. The second-order valence-corrected chi connectivity index (χ2v) is 11.2. The lowest BCUT2D eigenvalue weighted by atomic mass is 9.90. The molecule has 0 bridgehead atoms. The molecule has 0 saturated carbocycles. The Morgan fingerprint density at radius 1 is 0.902 bits per heavy atom. The molecule has 1 N–H and O–H groups in total. The van der Waals surface area contributed by atoms with Crippen LogP contribution in [-0.4, -0.2) is 60.5 Å². The number of carbonyl (C=O) groups excluding carboxylic acids is 2. The Morgan fingerprint density at radius 3 is 2.39 bits per heavy atom. The van der Waals surface area contributed by atoms with Gasteiger partial charge in [-0.1, -0.05) is 6.07 Å². The van der Waals surface area contributed by atoms with Crippen LogP contribution in [0.4, 0.5) is 17.2 Å². The van der Waals surface area contributed by atoms with E-state index in [9.17, 15) is 9.59 Å². The van der Waals surface area contributed by atoms with Gasteiger partial charge in [0.25, 0.3) is 11.7 Å². The van der Waals surface area contributed by atoms with E-state index in [1.165, 1.54) is 5.56 Å². The fourth-order valence-corrected chi connectivity index (χ4v) is 6.25. The Kier molecular flexibility index (Phi) is 7.49. The minimum absolute atomic E-state index is 0.197. The number of piperazine rings is 1. The van der Waals surface area contributed by atoms with Gasteiger partial charge in [-0.25, -0.2) is 4.98 Å². The molecule has 212 valence electrons. The number of aromatic nitrogens is 2. The molecule has 3 aromatic heterocycles. The number of rotatable bonds is 6. The average Bonchev–Trinajstić information content (AvgIpc) is 3.37.